The van der Waals surface area contributed by atoms with Crippen molar-refractivity contribution in [1.82, 2.24) is 10.2 Å². The van der Waals surface area contributed by atoms with Gasteiger partial charge in [-0.2, -0.15) is 0 Å². The van der Waals surface area contributed by atoms with E-state index in [0.717, 1.165) is 45.5 Å². The average molecular weight is 296 g/mol. The topological polar surface area (TPSA) is 41.6 Å². The van der Waals surface area contributed by atoms with Gasteiger partial charge in [-0.1, -0.05) is 6.07 Å². The molecule has 0 radical (unpaired) electrons. The van der Waals surface area contributed by atoms with Crippen LogP contribution < -0.4 is 5.32 Å². The lowest BCUT2D eigenvalue weighted by atomic mass is 10.1. The number of likely N-dealkylation sites (tertiary alicyclic amines) is 1. The number of carbonyl (C=O) groups is 1. The second kappa shape index (κ2) is 8.39. The Hall–Kier alpha value is -0.910. The van der Waals surface area contributed by atoms with Crippen LogP contribution in [0.15, 0.2) is 17.5 Å². The first-order chi connectivity index (χ1) is 9.81. The maximum atomic E-state index is 12.0. The third-order valence-corrected chi connectivity index (χ3v) is 4.71. The SMILES string of the molecule is COCCNCC[C@@H]1CCC(=O)N1CCc1cccs1. The Morgan fingerprint density at radius 3 is 3.15 bits per heavy atom. The Kier molecular flexibility index (Phi) is 6.50. The lowest BCUT2D eigenvalue weighted by Crippen LogP contribution is -2.36. The smallest absolute Gasteiger partial charge is 0.222 e. The van der Waals surface area contributed by atoms with Crippen LogP contribution in [0.3, 0.4) is 0 Å². The van der Waals surface area contributed by atoms with Gasteiger partial charge in [0.1, 0.15) is 0 Å². The lowest BCUT2D eigenvalue weighted by Gasteiger charge is -2.24. The van der Waals surface area contributed by atoms with E-state index in [1.54, 1.807) is 18.4 Å². The first-order valence-electron chi connectivity index (χ1n) is 7.32. The molecule has 20 heavy (non-hydrogen) atoms. The van der Waals surface area contributed by atoms with E-state index >= 15 is 0 Å². The molecular weight excluding hydrogens is 272 g/mol. The molecule has 1 atom stereocenters. The number of hydrogen-bond acceptors (Lipinski definition) is 4. The minimum absolute atomic E-state index is 0.323. The zero-order valence-corrected chi connectivity index (χ0v) is 13.0. The van der Waals surface area contributed by atoms with Gasteiger partial charge in [0.25, 0.3) is 0 Å². The summed E-state index contributed by atoms with van der Waals surface area (Å²) in [6.07, 6.45) is 3.75. The third-order valence-electron chi connectivity index (χ3n) is 3.77. The van der Waals surface area contributed by atoms with Gasteiger partial charge in [-0.15, -0.1) is 11.3 Å². The largest absolute Gasteiger partial charge is 0.383 e. The number of thiophene rings is 1. The number of nitrogens with one attached hydrogen (secondary N) is 1. The van der Waals surface area contributed by atoms with Gasteiger partial charge in [-0.3, -0.25) is 4.79 Å². The molecule has 112 valence electrons. The van der Waals surface area contributed by atoms with Crippen LogP contribution >= 0.6 is 11.3 Å². The van der Waals surface area contributed by atoms with Crippen molar-refractivity contribution in [2.75, 3.05) is 33.4 Å². The molecule has 0 unspecified atom stereocenters. The molecule has 1 amide bonds. The fraction of sp³-hybridized carbons (Fsp3) is 0.667. The standard InChI is InChI=1S/C15H24N2O2S/c1-19-11-9-16-8-6-13-4-5-15(18)17(13)10-7-14-3-2-12-20-14/h2-3,12-13,16H,4-11H2,1H3/t13-/m0/s1. The van der Waals surface area contributed by atoms with Crippen molar-refractivity contribution < 1.29 is 9.53 Å². The summed E-state index contributed by atoms with van der Waals surface area (Å²) >= 11 is 1.77. The van der Waals surface area contributed by atoms with Crippen LogP contribution in [0.1, 0.15) is 24.1 Å². The molecule has 2 rings (SSSR count). The highest BCUT2D eigenvalue weighted by molar-refractivity contribution is 7.09. The predicted molar refractivity (Wildman–Crippen MR) is 82.1 cm³/mol. The monoisotopic (exact) mass is 296 g/mol. The van der Waals surface area contributed by atoms with Crippen LogP contribution in [0, 0.1) is 0 Å². The molecule has 1 fully saturated rings. The Morgan fingerprint density at radius 1 is 1.50 bits per heavy atom. The Labute approximate surface area is 125 Å². The van der Waals surface area contributed by atoms with Gasteiger partial charge in [0.15, 0.2) is 0 Å². The first-order valence-corrected chi connectivity index (χ1v) is 8.20. The fourth-order valence-electron chi connectivity index (χ4n) is 2.65. The number of methoxy groups -OCH3 is 1. The lowest BCUT2D eigenvalue weighted by molar-refractivity contribution is -0.128. The van der Waals surface area contributed by atoms with Crippen LogP contribution in [0.25, 0.3) is 0 Å². The average Bonchev–Trinajstić information content (AvgIpc) is 3.07. The van der Waals surface area contributed by atoms with Gasteiger partial charge < -0.3 is 15.0 Å². The highest BCUT2D eigenvalue weighted by Gasteiger charge is 2.29. The summed E-state index contributed by atoms with van der Waals surface area (Å²) < 4.78 is 5.01. The predicted octanol–water partition coefficient (Wildman–Crippen LogP) is 1.91. The van der Waals surface area contributed by atoms with E-state index in [1.165, 1.54) is 4.88 Å². The summed E-state index contributed by atoms with van der Waals surface area (Å²) in [5, 5.41) is 5.45. The van der Waals surface area contributed by atoms with Gasteiger partial charge in [-0.25, -0.2) is 0 Å². The van der Waals surface area contributed by atoms with Gasteiger partial charge in [-0.05, 0) is 37.3 Å². The summed E-state index contributed by atoms with van der Waals surface area (Å²) in [4.78, 5) is 15.4. The van der Waals surface area contributed by atoms with E-state index in [9.17, 15) is 4.79 Å². The number of amides is 1. The van der Waals surface area contributed by atoms with Gasteiger partial charge in [0.05, 0.1) is 6.61 Å². The normalized spacial score (nSPS) is 18.9. The number of rotatable bonds is 9. The van der Waals surface area contributed by atoms with Crippen molar-refractivity contribution in [2.24, 2.45) is 0 Å². The molecule has 1 N–H and O–H groups in total. The molecule has 0 aromatic carbocycles. The van der Waals surface area contributed by atoms with Crippen LogP contribution in [0.2, 0.25) is 0 Å². The summed E-state index contributed by atoms with van der Waals surface area (Å²) in [5.41, 5.74) is 0. The van der Waals surface area contributed by atoms with E-state index in [2.05, 4.69) is 27.7 Å². The van der Waals surface area contributed by atoms with Gasteiger partial charge in [0.2, 0.25) is 5.91 Å². The highest BCUT2D eigenvalue weighted by Crippen LogP contribution is 2.22. The van der Waals surface area contributed by atoms with E-state index < -0.39 is 0 Å². The fourth-order valence-corrected chi connectivity index (χ4v) is 3.35. The molecule has 0 saturated carbocycles. The van der Waals surface area contributed by atoms with Crippen molar-refractivity contribution in [1.29, 1.82) is 0 Å². The molecule has 1 aliphatic heterocycles. The molecule has 0 spiro atoms. The molecule has 5 heteroatoms. The Morgan fingerprint density at radius 2 is 2.40 bits per heavy atom. The molecule has 4 nitrogen and oxygen atoms in total. The highest BCUT2D eigenvalue weighted by atomic mass is 32.1. The minimum Gasteiger partial charge on any atom is -0.383 e. The minimum atomic E-state index is 0.323. The van der Waals surface area contributed by atoms with Crippen molar-refractivity contribution in [3.05, 3.63) is 22.4 Å². The maximum Gasteiger partial charge on any atom is 0.222 e. The second-order valence-corrected chi connectivity index (χ2v) is 6.17. The molecule has 1 saturated heterocycles. The Bertz CT molecular complexity index is 395. The second-order valence-electron chi connectivity index (χ2n) is 5.14. The molecule has 1 aromatic heterocycles. The number of nitrogens with zero attached hydrogens (tertiary/aromatic N) is 1. The zero-order chi connectivity index (χ0) is 14.2. The Balaban J connectivity index is 1.71. The number of ether oxygens (including phenoxy) is 1. The first kappa shape index (κ1) is 15.5. The van der Waals surface area contributed by atoms with Crippen molar-refractivity contribution in [3.63, 3.8) is 0 Å². The van der Waals surface area contributed by atoms with Gasteiger partial charge >= 0.3 is 0 Å². The summed E-state index contributed by atoms with van der Waals surface area (Å²) in [6, 6.07) is 4.63. The molecular formula is C15H24N2O2S. The summed E-state index contributed by atoms with van der Waals surface area (Å²) in [7, 11) is 1.71. The maximum absolute atomic E-state index is 12.0. The van der Waals surface area contributed by atoms with Crippen molar-refractivity contribution in [3.8, 4) is 0 Å². The van der Waals surface area contributed by atoms with Crippen LogP contribution in [0.4, 0.5) is 0 Å². The molecule has 0 aliphatic carbocycles. The van der Waals surface area contributed by atoms with E-state index in [4.69, 9.17) is 4.74 Å². The number of hydrogen-bond donors (Lipinski definition) is 1. The molecule has 0 bridgehead atoms. The van der Waals surface area contributed by atoms with Crippen molar-refractivity contribution in [2.45, 2.75) is 31.7 Å². The number of carbonyl (C=O) groups excluding carboxylic acids is 1. The summed E-state index contributed by atoms with van der Waals surface area (Å²) in [6.45, 7) is 3.44. The van der Waals surface area contributed by atoms with E-state index in [1.807, 2.05) is 0 Å². The third kappa shape index (κ3) is 4.58. The quantitative estimate of drug-likeness (QED) is 0.708. The molecule has 1 aliphatic rings. The molecule has 1 aromatic rings. The van der Waals surface area contributed by atoms with E-state index in [-0.39, 0.29) is 0 Å². The molecule has 2 heterocycles. The summed E-state index contributed by atoms with van der Waals surface area (Å²) in [5.74, 6) is 0.323. The van der Waals surface area contributed by atoms with Crippen LogP contribution in [0.5, 0.6) is 0 Å². The van der Waals surface area contributed by atoms with Crippen molar-refractivity contribution >= 4 is 17.2 Å². The van der Waals surface area contributed by atoms with E-state index in [0.29, 0.717) is 18.4 Å². The zero-order valence-electron chi connectivity index (χ0n) is 12.1. The van der Waals surface area contributed by atoms with Crippen LogP contribution in [-0.4, -0.2) is 50.2 Å². The van der Waals surface area contributed by atoms with Gasteiger partial charge in [0, 0.05) is 37.5 Å². The van der Waals surface area contributed by atoms with Crippen LogP contribution in [-0.2, 0) is 16.0 Å².